The van der Waals surface area contributed by atoms with Crippen molar-refractivity contribution in [2.24, 2.45) is 4.99 Å². The molecule has 0 saturated carbocycles. The fourth-order valence-corrected chi connectivity index (χ4v) is 3.94. The van der Waals surface area contributed by atoms with Crippen LogP contribution in [-0.2, 0) is 11.3 Å². The van der Waals surface area contributed by atoms with E-state index in [-0.39, 0.29) is 30.1 Å². The van der Waals surface area contributed by atoms with E-state index in [1.807, 2.05) is 0 Å². The molecule has 3 rings (SSSR count). The number of benzene rings is 1. The molecule has 0 radical (unpaired) electrons. The largest absolute Gasteiger partial charge is 0.373 e. The molecule has 2 heterocycles. The average Bonchev–Trinajstić information content (AvgIpc) is 3.10. The summed E-state index contributed by atoms with van der Waals surface area (Å²) in [5.74, 6) is 1.04. The number of hydrogen-bond donors (Lipinski definition) is 1. The van der Waals surface area contributed by atoms with Gasteiger partial charge in [0.05, 0.1) is 18.8 Å². The van der Waals surface area contributed by atoms with Gasteiger partial charge in [0.15, 0.2) is 5.96 Å². The minimum absolute atomic E-state index is 0. The SMILES string of the molecule is CCNC(=NCCCN(C)C)N1CC2OCCN(Cc3ccccc3)C2C1.I. The highest BCUT2D eigenvalue weighted by molar-refractivity contribution is 14.0. The Morgan fingerprint density at radius 1 is 1.25 bits per heavy atom. The minimum Gasteiger partial charge on any atom is -0.373 e. The van der Waals surface area contributed by atoms with Crippen LogP contribution in [0.5, 0.6) is 0 Å². The highest BCUT2D eigenvalue weighted by Gasteiger charge is 2.41. The smallest absolute Gasteiger partial charge is 0.194 e. The molecule has 1 aromatic carbocycles. The quantitative estimate of drug-likeness (QED) is 0.269. The molecule has 1 N–H and O–H groups in total. The Labute approximate surface area is 187 Å². The number of hydrogen-bond acceptors (Lipinski definition) is 4. The summed E-state index contributed by atoms with van der Waals surface area (Å²) >= 11 is 0. The molecule has 0 aliphatic carbocycles. The van der Waals surface area contributed by atoms with Crippen LogP contribution in [0.25, 0.3) is 0 Å². The van der Waals surface area contributed by atoms with Crippen molar-refractivity contribution in [3.05, 3.63) is 35.9 Å². The average molecular weight is 501 g/mol. The number of guanidine groups is 1. The third kappa shape index (κ3) is 6.57. The van der Waals surface area contributed by atoms with Crippen LogP contribution in [0, 0.1) is 0 Å². The lowest BCUT2D eigenvalue weighted by Crippen LogP contribution is -2.50. The monoisotopic (exact) mass is 501 g/mol. The van der Waals surface area contributed by atoms with Crippen molar-refractivity contribution in [2.45, 2.75) is 32.0 Å². The maximum absolute atomic E-state index is 6.11. The Bertz CT molecular complexity index is 598. The fraction of sp³-hybridized carbons (Fsp3) is 0.667. The summed E-state index contributed by atoms with van der Waals surface area (Å²) in [6.45, 7) is 9.69. The number of nitrogens with zero attached hydrogens (tertiary/aromatic N) is 4. The minimum atomic E-state index is 0. The lowest BCUT2D eigenvalue weighted by molar-refractivity contribution is -0.0502. The van der Waals surface area contributed by atoms with Gasteiger partial charge in [-0.05, 0) is 39.5 Å². The zero-order chi connectivity index (χ0) is 19.1. The molecule has 1 aromatic rings. The van der Waals surface area contributed by atoms with Crippen molar-refractivity contribution in [1.29, 1.82) is 0 Å². The summed E-state index contributed by atoms with van der Waals surface area (Å²) in [6, 6.07) is 11.2. The van der Waals surface area contributed by atoms with E-state index in [1.54, 1.807) is 0 Å². The van der Waals surface area contributed by atoms with Crippen LogP contribution in [0.2, 0.25) is 0 Å². The first kappa shape index (κ1) is 23.4. The Kier molecular flexibility index (Phi) is 9.98. The van der Waals surface area contributed by atoms with Gasteiger partial charge in [0.2, 0.25) is 0 Å². The molecular formula is C21H36IN5O. The van der Waals surface area contributed by atoms with Gasteiger partial charge in [-0.2, -0.15) is 0 Å². The molecule has 158 valence electrons. The van der Waals surface area contributed by atoms with E-state index in [0.29, 0.717) is 6.04 Å². The molecule has 2 aliphatic rings. The molecule has 6 nitrogen and oxygen atoms in total. The van der Waals surface area contributed by atoms with Crippen LogP contribution in [0.4, 0.5) is 0 Å². The second-order valence-corrected chi connectivity index (χ2v) is 7.73. The van der Waals surface area contributed by atoms with Crippen LogP contribution < -0.4 is 5.32 Å². The maximum atomic E-state index is 6.11. The number of rotatable bonds is 7. The predicted octanol–water partition coefficient (Wildman–Crippen LogP) is 2.11. The molecule has 0 bridgehead atoms. The van der Waals surface area contributed by atoms with Crippen LogP contribution in [0.15, 0.2) is 35.3 Å². The summed E-state index contributed by atoms with van der Waals surface area (Å²) in [5, 5.41) is 3.48. The third-order valence-corrected chi connectivity index (χ3v) is 5.30. The van der Waals surface area contributed by atoms with Gasteiger partial charge < -0.3 is 19.9 Å². The topological polar surface area (TPSA) is 43.3 Å². The van der Waals surface area contributed by atoms with Crippen LogP contribution in [0.3, 0.4) is 0 Å². The first-order chi connectivity index (χ1) is 13.2. The van der Waals surface area contributed by atoms with Gasteiger partial charge in [-0.25, -0.2) is 0 Å². The lowest BCUT2D eigenvalue weighted by atomic mass is 10.1. The summed E-state index contributed by atoms with van der Waals surface area (Å²) in [6.07, 6.45) is 1.35. The molecule has 0 aromatic heterocycles. The van der Waals surface area contributed by atoms with Gasteiger partial charge in [-0.3, -0.25) is 9.89 Å². The summed E-state index contributed by atoms with van der Waals surface area (Å²) < 4.78 is 6.11. The van der Waals surface area contributed by atoms with Crippen molar-refractivity contribution in [2.75, 3.05) is 60.0 Å². The second-order valence-electron chi connectivity index (χ2n) is 7.73. The lowest BCUT2D eigenvalue weighted by Gasteiger charge is -2.36. The molecule has 2 unspecified atom stereocenters. The molecule has 0 spiro atoms. The summed E-state index contributed by atoms with van der Waals surface area (Å²) in [4.78, 5) is 12.0. The van der Waals surface area contributed by atoms with Crippen molar-refractivity contribution < 1.29 is 4.74 Å². The van der Waals surface area contributed by atoms with Gasteiger partial charge in [0.1, 0.15) is 0 Å². The molecule has 2 aliphatic heterocycles. The predicted molar refractivity (Wildman–Crippen MR) is 127 cm³/mol. The fourth-order valence-electron chi connectivity index (χ4n) is 3.94. The van der Waals surface area contributed by atoms with E-state index in [4.69, 9.17) is 9.73 Å². The first-order valence-electron chi connectivity index (χ1n) is 10.2. The standard InChI is InChI=1S/C21H35N5O.HI/c1-4-22-21(23-11-8-12-24(2)3)26-16-19-20(17-26)27-14-13-25(19)15-18-9-6-5-7-10-18;/h5-7,9-10,19-20H,4,8,11-17H2,1-3H3,(H,22,23);1H. The normalized spacial score (nSPS) is 22.9. The second kappa shape index (κ2) is 11.9. The first-order valence-corrected chi connectivity index (χ1v) is 10.2. The molecule has 2 saturated heterocycles. The number of likely N-dealkylation sites (tertiary alicyclic amines) is 1. The molecule has 2 fully saturated rings. The van der Waals surface area contributed by atoms with E-state index >= 15 is 0 Å². The molecule has 7 heteroatoms. The summed E-state index contributed by atoms with van der Waals surface area (Å²) in [7, 11) is 4.22. The number of aliphatic imine (C=N–C) groups is 1. The Hall–Kier alpha value is -0.900. The van der Waals surface area contributed by atoms with E-state index in [9.17, 15) is 0 Å². The Morgan fingerprint density at radius 2 is 2.04 bits per heavy atom. The van der Waals surface area contributed by atoms with E-state index in [1.165, 1.54) is 5.56 Å². The van der Waals surface area contributed by atoms with Crippen LogP contribution >= 0.6 is 24.0 Å². The zero-order valence-electron chi connectivity index (χ0n) is 17.5. The number of ether oxygens (including phenoxy) is 1. The Morgan fingerprint density at radius 3 is 2.75 bits per heavy atom. The molecule has 28 heavy (non-hydrogen) atoms. The van der Waals surface area contributed by atoms with E-state index < -0.39 is 0 Å². The van der Waals surface area contributed by atoms with Crippen molar-refractivity contribution in [3.63, 3.8) is 0 Å². The van der Waals surface area contributed by atoms with Crippen LogP contribution in [0.1, 0.15) is 18.9 Å². The summed E-state index contributed by atoms with van der Waals surface area (Å²) in [5.41, 5.74) is 1.38. The number of halogens is 1. The maximum Gasteiger partial charge on any atom is 0.194 e. The molecule has 0 amide bonds. The van der Waals surface area contributed by atoms with E-state index in [0.717, 1.165) is 64.8 Å². The Balaban J connectivity index is 0.00000280. The van der Waals surface area contributed by atoms with Gasteiger partial charge >= 0.3 is 0 Å². The van der Waals surface area contributed by atoms with Gasteiger partial charge in [0.25, 0.3) is 0 Å². The number of morpholine rings is 1. The van der Waals surface area contributed by atoms with Crippen molar-refractivity contribution in [1.82, 2.24) is 20.0 Å². The zero-order valence-corrected chi connectivity index (χ0v) is 19.8. The van der Waals surface area contributed by atoms with E-state index in [2.05, 4.69) is 71.4 Å². The van der Waals surface area contributed by atoms with Gasteiger partial charge in [-0.15, -0.1) is 24.0 Å². The number of fused-ring (bicyclic) bond motifs is 1. The van der Waals surface area contributed by atoms with Crippen molar-refractivity contribution in [3.8, 4) is 0 Å². The van der Waals surface area contributed by atoms with Gasteiger partial charge in [0, 0.05) is 39.3 Å². The highest BCUT2D eigenvalue weighted by atomic mass is 127. The molecule has 2 atom stereocenters. The number of nitrogens with one attached hydrogen (secondary N) is 1. The third-order valence-electron chi connectivity index (χ3n) is 5.30. The molecular weight excluding hydrogens is 465 g/mol. The highest BCUT2D eigenvalue weighted by Crippen LogP contribution is 2.24. The van der Waals surface area contributed by atoms with Crippen molar-refractivity contribution >= 4 is 29.9 Å². The van der Waals surface area contributed by atoms with Gasteiger partial charge in [-0.1, -0.05) is 30.3 Å². The van der Waals surface area contributed by atoms with Crippen LogP contribution in [-0.4, -0.2) is 92.8 Å².